The molecule has 1 unspecified atom stereocenters. The molecule has 6 heteroatoms. The van der Waals surface area contributed by atoms with Crippen molar-refractivity contribution >= 4 is 17.6 Å². The maximum absolute atomic E-state index is 5.59. The summed E-state index contributed by atoms with van der Waals surface area (Å²) >= 11 is 1.76. The first-order valence-corrected chi connectivity index (χ1v) is 8.70. The first-order valence-electron chi connectivity index (χ1n) is 7.89. The van der Waals surface area contributed by atoms with Crippen LogP contribution in [0.4, 0.5) is 0 Å². The molecule has 0 amide bonds. The molecule has 2 aliphatic heterocycles. The van der Waals surface area contributed by atoms with E-state index < -0.39 is 0 Å². The fourth-order valence-electron chi connectivity index (χ4n) is 2.71. The number of hydrogen-bond donors (Lipinski definition) is 1. The molecule has 0 spiro atoms. The second-order valence-corrected chi connectivity index (χ2v) is 6.69. The number of hydroxylamine groups is 1. The molecule has 1 N–H and O–H groups in total. The van der Waals surface area contributed by atoms with Gasteiger partial charge in [0, 0.05) is 35.8 Å². The minimum atomic E-state index is 0.315. The van der Waals surface area contributed by atoms with Gasteiger partial charge in [-0.2, -0.15) is 0 Å². The molecule has 0 radical (unpaired) electrons. The fourth-order valence-corrected chi connectivity index (χ4v) is 3.87. The number of nitrogens with zero attached hydrogens (tertiary/aromatic N) is 2. The molecule has 0 saturated heterocycles. The Morgan fingerprint density at radius 2 is 2.33 bits per heavy atom. The van der Waals surface area contributed by atoms with Gasteiger partial charge in [0.15, 0.2) is 5.76 Å². The number of hydrogen-bond acceptors (Lipinski definition) is 6. The van der Waals surface area contributed by atoms with Crippen LogP contribution in [0.5, 0.6) is 0 Å². The van der Waals surface area contributed by atoms with E-state index in [0.717, 1.165) is 41.3 Å². The third-order valence-electron chi connectivity index (χ3n) is 3.93. The van der Waals surface area contributed by atoms with Crippen LogP contribution in [0, 0.1) is 0 Å². The Labute approximate surface area is 144 Å². The van der Waals surface area contributed by atoms with Gasteiger partial charge in [-0.1, -0.05) is 6.08 Å². The van der Waals surface area contributed by atoms with Crippen LogP contribution < -0.4 is 5.48 Å². The third-order valence-corrected chi connectivity index (χ3v) is 5.18. The van der Waals surface area contributed by atoms with Crippen molar-refractivity contribution in [2.24, 2.45) is 4.99 Å². The second kappa shape index (κ2) is 6.88. The summed E-state index contributed by atoms with van der Waals surface area (Å²) in [5, 5.41) is 1.11. The average Bonchev–Trinajstić information content (AvgIpc) is 3.31. The van der Waals surface area contributed by atoms with Gasteiger partial charge < -0.3 is 9.25 Å². The van der Waals surface area contributed by atoms with Crippen LogP contribution in [0.1, 0.15) is 28.6 Å². The van der Waals surface area contributed by atoms with Gasteiger partial charge in [0.1, 0.15) is 12.0 Å². The Morgan fingerprint density at radius 1 is 1.33 bits per heavy atom. The van der Waals surface area contributed by atoms with Crippen LogP contribution in [0.3, 0.4) is 0 Å². The minimum Gasteiger partial charge on any atom is -0.463 e. The van der Waals surface area contributed by atoms with Gasteiger partial charge >= 0.3 is 0 Å². The number of nitrogens with one attached hydrogen (secondary N) is 1. The van der Waals surface area contributed by atoms with Gasteiger partial charge in [0.05, 0.1) is 11.3 Å². The standard InChI is InChI=1S/C18H17N3O2S/c1-2-15(22-11-1)17-18(14-6-8-19-9-7-14)24-16(21-17)4-3-13-5-10-20-23-12-13/h1-2,5-6,8-12,14,20H,3-4,7H2. The van der Waals surface area contributed by atoms with Crippen molar-refractivity contribution in [2.75, 3.05) is 0 Å². The Kier molecular flexibility index (Phi) is 4.29. The molecular weight excluding hydrogens is 322 g/mol. The number of furan rings is 1. The molecule has 2 aliphatic rings. The number of aromatic nitrogens is 1. The van der Waals surface area contributed by atoms with Crippen molar-refractivity contribution in [1.82, 2.24) is 10.5 Å². The summed E-state index contributed by atoms with van der Waals surface area (Å²) in [6.07, 6.45) is 15.9. The first kappa shape index (κ1) is 15.0. The molecule has 0 bridgehead atoms. The highest BCUT2D eigenvalue weighted by atomic mass is 32.1. The molecule has 2 aromatic rings. The molecule has 1 atom stereocenters. The number of aryl methyl sites for hydroxylation is 1. The van der Waals surface area contributed by atoms with Crippen LogP contribution in [0.2, 0.25) is 0 Å². The zero-order valence-corrected chi connectivity index (χ0v) is 13.8. The normalized spacial score (nSPS) is 19.0. The summed E-state index contributed by atoms with van der Waals surface area (Å²) in [6, 6.07) is 3.87. The van der Waals surface area contributed by atoms with E-state index in [1.54, 1.807) is 30.1 Å². The fraction of sp³-hybridized carbons (Fsp3) is 0.222. The minimum absolute atomic E-state index is 0.315. The Balaban J connectivity index is 1.59. The Hall–Kier alpha value is -2.60. The zero-order valence-electron chi connectivity index (χ0n) is 13.0. The largest absolute Gasteiger partial charge is 0.463 e. The molecule has 4 heterocycles. The average molecular weight is 339 g/mol. The van der Waals surface area contributed by atoms with Crippen molar-refractivity contribution in [1.29, 1.82) is 0 Å². The van der Waals surface area contributed by atoms with Crippen LogP contribution >= 0.6 is 11.3 Å². The summed E-state index contributed by atoms with van der Waals surface area (Å²) in [4.78, 5) is 15.4. The molecule has 0 fully saturated rings. The summed E-state index contributed by atoms with van der Waals surface area (Å²) in [5.41, 5.74) is 4.79. The number of allylic oxidation sites excluding steroid dienone is 3. The highest BCUT2D eigenvalue weighted by molar-refractivity contribution is 7.12. The first-order chi connectivity index (χ1) is 11.9. The van der Waals surface area contributed by atoms with E-state index in [4.69, 9.17) is 14.2 Å². The van der Waals surface area contributed by atoms with Crippen molar-refractivity contribution < 1.29 is 9.25 Å². The van der Waals surface area contributed by atoms with Crippen molar-refractivity contribution in [3.63, 3.8) is 0 Å². The van der Waals surface area contributed by atoms with Crippen molar-refractivity contribution in [2.45, 2.75) is 25.2 Å². The maximum Gasteiger partial charge on any atom is 0.153 e. The number of aliphatic imine (C=N–C) groups is 1. The Bertz CT molecular complexity index is 815. The van der Waals surface area contributed by atoms with Crippen LogP contribution in [-0.4, -0.2) is 11.2 Å². The highest BCUT2D eigenvalue weighted by Gasteiger charge is 2.21. The van der Waals surface area contributed by atoms with Crippen LogP contribution in [-0.2, 0) is 11.3 Å². The quantitative estimate of drug-likeness (QED) is 0.880. The van der Waals surface area contributed by atoms with E-state index in [9.17, 15) is 0 Å². The molecule has 0 aromatic carbocycles. The maximum atomic E-state index is 5.59. The SMILES string of the molecule is C1=CC(c2sc(CCC3=CONC=C3)nc2-c2ccco2)CC=N1. The van der Waals surface area contributed by atoms with Crippen LogP contribution in [0.15, 0.2) is 64.2 Å². The molecule has 0 saturated carbocycles. The van der Waals surface area contributed by atoms with E-state index in [1.807, 2.05) is 30.6 Å². The van der Waals surface area contributed by atoms with Gasteiger partial charge in [0.25, 0.3) is 0 Å². The lowest BCUT2D eigenvalue weighted by molar-refractivity contribution is 0.169. The van der Waals surface area contributed by atoms with Gasteiger partial charge in [0.2, 0.25) is 0 Å². The number of thiazole rings is 1. The monoisotopic (exact) mass is 339 g/mol. The van der Waals surface area contributed by atoms with E-state index in [1.165, 1.54) is 4.88 Å². The van der Waals surface area contributed by atoms with Crippen LogP contribution in [0.25, 0.3) is 11.5 Å². The summed E-state index contributed by atoms with van der Waals surface area (Å²) in [5.74, 6) is 1.14. The summed E-state index contributed by atoms with van der Waals surface area (Å²) in [7, 11) is 0. The lowest BCUT2D eigenvalue weighted by Gasteiger charge is -2.11. The van der Waals surface area contributed by atoms with Gasteiger partial charge in [-0.25, -0.2) is 10.5 Å². The van der Waals surface area contributed by atoms with E-state index >= 15 is 0 Å². The number of rotatable bonds is 5. The lowest BCUT2D eigenvalue weighted by Crippen LogP contribution is -2.05. The molecule has 24 heavy (non-hydrogen) atoms. The third kappa shape index (κ3) is 3.19. The molecular formula is C18H17N3O2S. The molecule has 5 nitrogen and oxygen atoms in total. The Morgan fingerprint density at radius 3 is 3.08 bits per heavy atom. The zero-order chi connectivity index (χ0) is 16.2. The second-order valence-electron chi connectivity index (χ2n) is 5.57. The predicted molar refractivity (Wildman–Crippen MR) is 94.6 cm³/mol. The molecule has 0 aliphatic carbocycles. The summed E-state index contributed by atoms with van der Waals surface area (Å²) in [6.45, 7) is 0. The van der Waals surface area contributed by atoms with Gasteiger partial charge in [-0.15, -0.1) is 11.3 Å². The molecule has 2 aromatic heterocycles. The molecule has 122 valence electrons. The van der Waals surface area contributed by atoms with Crippen molar-refractivity contribution in [3.05, 3.63) is 64.7 Å². The van der Waals surface area contributed by atoms with E-state index in [0.29, 0.717) is 5.92 Å². The highest BCUT2D eigenvalue weighted by Crippen LogP contribution is 2.37. The lowest BCUT2D eigenvalue weighted by atomic mass is 10.0. The van der Waals surface area contributed by atoms with Gasteiger partial charge in [-0.3, -0.25) is 4.99 Å². The van der Waals surface area contributed by atoms with Crippen molar-refractivity contribution in [3.8, 4) is 11.5 Å². The predicted octanol–water partition coefficient (Wildman–Crippen LogP) is 4.34. The van der Waals surface area contributed by atoms with E-state index in [2.05, 4.69) is 16.5 Å². The smallest absolute Gasteiger partial charge is 0.153 e. The summed E-state index contributed by atoms with van der Waals surface area (Å²) < 4.78 is 5.59. The van der Waals surface area contributed by atoms with Gasteiger partial charge in [-0.05, 0) is 36.6 Å². The topological polar surface area (TPSA) is 59.6 Å². The van der Waals surface area contributed by atoms with E-state index in [-0.39, 0.29) is 0 Å². The molecule has 4 rings (SSSR count).